The van der Waals surface area contributed by atoms with Crippen molar-refractivity contribution < 1.29 is 17.9 Å². The molecule has 2 nitrogen and oxygen atoms in total. The summed E-state index contributed by atoms with van der Waals surface area (Å²) in [5, 5.41) is 3.23. The summed E-state index contributed by atoms with van der Waals surface area (Å²) >= 11 is 0. The van der Waals surface area contributed by atoms with E-state index in [4.69, 9.17) is 4.74 Å². The Labute approximate surface area is 117 Å². The molecule has 0 heterocycles. The first-order valence-corrected chi connectivity index (χ1v) is 6.92. The second kappa shape index (κ2) is 6.59. The van der Waals surface area contributed by atoms with Gasteiger partial charge in [0.2, 0.25) is 0 Å². The third-order valence-corrected chi connectivity index (χ3v) is 3.86. The van der Waals surface area contributed by atoms with Crippen LogP contribution in [0, 0.1) is 0 Å². The van der Waals surface area contributed by atoms with Crippen molar-refractivity contribution in [3.05, 3.63) is 35.4 Å². The van der Waals surface area contributed by atoms with E-state index in [1.54, 1.807) is 13.2 Å². The third-order valence-electron chi connectivity index (χ3n) is 3.86. The Kier molecular flexibility index (Phi) is 5.05. The lowest BCUT2D eigenvalue weighted by molar-refractivity contribution is -0.138. The smallest absolute Gasteiger partial charge is 0.381 e. The van der Waals surface area contributed by atoms with Crippen molar-refractivity contribution in [2.75, 3.05) is 7.11 Å². The lowest BCUT2D eigenvalue weighted by Gasteiger charge is -2.29. The van der Waals surface area contributed by atoms with Crippen molar-refractivity contribution in [1.82, 2.24) is 5.32 Å². The van der Waals surface area contributed by atoms with Crippen LogP contribution in [0.5, 0.6) is 0 Å². The van der Waals surface area contributed by atoms with Crippen LogP contribution in [0.25, 0.3) is 0 Å². The molecule has 2 unspecified atom stereocenters. The number of hydrogen-bond acceptors (Lipinski definition) is 2. The summed E-state index contributed by atoms with van der Waals surface area (Å²) in [6, 6.07) is 5.97. The summed E-state index contributed by atoms with van der Waals surface area (Å²) in [7, 11) is 1.69. The summed E-state index contributed by atoms with van der Waals surface area (Å²) < 4.78 is 44.0. The van der Waals surface area contributed by atoms with Crippen molar-refractivity contribution in [3.63, 3.8) is 0 Å². The molecule has 0 radical (unpaired) electrons. The molecule has 20 heavy (non-hydrogen) atoms. The zero-order chi connectivity index (χ0) is 14.6. The summed E-state index contributed by atoms with van der Waals surface area (Å²) in [6.45, 7) is 0.247. The number of ether oxygens (including phenoxy) is 1. The van der Waals surface area contributed by atoms with Crippen LogP contribution in [0.4, 0.5) is 13.2 Å². The topological polar surface area (TPSA) is 21.3 Å². The van der Waals surface area contributed by atoms with Gasteiger partial charge in [-0.05, 0) is 37.3 Å². The van der Waals surface area contributed by atoms with E-state index in [9.17, 15) is 13.2 Å². The third kappa shape index (κ3) is 3.96. The molecule has 0 saturated heterocycles. The molecule has 2 atom stereocenters. The van der Waals surface area contributed by atoms with E-state index in [1.807, 2.05) is 0 Å². The van der Waals surface area contributed by atoms with Gasteiger partial charge in [0.15, 0.2) is 0 Å². The first-order valence-electron chi connectivity index (χ1n) is 6.92. The summed E-state index contributed by atoms with van der Waals surface area (Å²) in [6.07, 6.45) is -0.122. The minimum absolute atomic E-state index is 0.221. The van der Waals surface area contributed by atoms with Gasteiger partial charge in [0, 0.05) is 19.7 Å². The Morgan fingerprint density at radius 3 is 2.70 bits per heavy atom. The van der Waals surface area contributed by atoms with E-state index in [2.05, 4.69) is 5.32 Å². The molecular weight excluding hydrogens is 267 g/mol. The Bertz CT molecular complexity index is 433. The highest BCUT2D eigenvalue weighted by molar-refractivity contribution is 5.29. The number of rotatable bonds is 4. The average Bonchev–Trinajstić information content (AvgIpc) is 2.44. The maximum Gasteiger partial charge on any atom is 0.416 e. The first-order chi connectivity index (χ1) is 9.50. The van der Waals surface area contributed by atoms with Crippen LogP contribution in [-0.2, 0) is 17.5 Å². The van der Waals surface area contributed by atoms with Gasteiger partial charge in [0.25, 0.3) is 0 Å². The lowest BCUT2D eigenvalue weighted by atomic mass is 9.92. The zero-order valence-electron chi connectivity index (χ0n) is 11.5. The molecule has 1 aromatic rings. The van der Waals surface area contributed by atoms with Crippen molar-refractivity contribution in [2.45, 2.75) is 50.6 Å². The van der Waals surface area contributed by atoms with Crippen molar-refractivity contribution in [2.24, 2.45) is 0 Å². The standard InChI is InChI=1S/C15H20F3NO/c1-20-13-7-4-6-12(9-13)19-10-11-5-2-3-8-14(11)15(16,17)18/h2-3,5,8,12-13,19H,4,6-7,9-10H2,1H3. The molecule has 1 aromatic carbocycles. The summed E-state index contributed by atoms with van der Waals surface area (Å²) in [4.78, 5) is 0. The van der Waals surface area contributed by atoms with Crippen molar-refractivity contribution in [3.8, 4) is 0 Å². The van der Waals surface area contributed by atoms with Crippen LogP contribution < -0.4 is 5.32 Å². The van der Waals surface area contributed by atoms with E-state index in [0.29, 0.717) is 5.56 Å². The number of methoxy groups -OCH3 is 1. The minimum Gasteiger partial charge on any atom is -0.381 e. The van der Waals surface area contributed by atoms with Crippen LogP contribution in [-0.4, -0.2) is 19.3 Å². The number of nitrogens with one attached hydrogen (secondary N) is 1. The monoisotopic (exact) mass is 287 g/mol. The molecule has 0 amide bonds. The minimum atomic E-state index is -4.29. The molecule has 0 bridgehead atoms. The second-order valence-electron chi connectivity index (χ2n) is 5.26. The van der Waals surface area contributed by atoms with E-state index in [0.717, 1.165) is 31.7 Å². The lowest BCUT2D eigenvalue weighted by Crippen LogP contribution is -2.36. The fourth-order valence-corrected chi connectivity index (χ4v) is 2.75. The van der Waals surface area contributed by atoms with Crippen LogP contribution in [0.15, 0.2) is 24.3 Å². The molecule has 112 valence electrons. The maximum absolute atomic E-state index is 12.9. The van der Waals surface area contributed by atoms with Gasteiger partial charge in [-0.15, -0.1) is 0 Å². The molecule has 0 aromatic heterocycles. The Morgan fingerprint density at radius 2 is 2.00 bits per heavy atom. The Morgan fingerprint density at radius 1 is 1.25 bits per heavy atom. The van der Waals surface area contributed by atoms with E-state index in [-0.39, 0.29) is 18.7 Å². The fourth-order valence-electron chi connectivity index (χ4n) is 2.75. The van der Waals surface area contributed by atoms with Crippen LogP contribution in [0.1, 0.15) is 36.8 Å². The second-order valence-corrected chi connectivity index (χ2v) is 5.26. The van der Waals surface area contributed by atoms with Gasteiger partial charge in [0.1, 0.15) is 0 Å². The number of alkyl halides is 3. The molecular formula is C15H20F3NO. The van der Waals surface area contributed by atoms with Gasteiger partial charge in [-0.25, -0.2) is 0 Å². The molecule has 1 aliphatic rings. The predicted molar refractivity (Wildman–Crippen MR) is 71.3 cm³/mol. The highest BCUT2D eigenvalue weighted by Gasteiger charge is 2.33. The Balaban J connectivity index is 1.97. The summed E-state index contributed by atoms with van der Waals surface area (Å²) in [5.74, 6) is 0. The van der Waals surface area contributed by atoms with Crippen LogP contribution in [0.2, 0.25) is 0 Å². The number of hydrogen-bond donors (Lipinski definition) is 1. The molecule has 1 fully saturated rings. The van der Waals surface area contributed by atoms with Gasteiger partial charge in [-0.3, -0.25) is 0 Å². The molecule has 2 rings (SSSR count). The summed E-state index contributed by atoms with van der Waals surface area (Å²) in [5.41, 5.74) is -0.244. The van der Waals surface area contributed by atoms with E-state index >= 15 is 0 Å². The molecule has 0 spiro atoms. The zero-order valence-corrected chi connectivity index (χ0v) is 11.5. The van der Waals surface area contributed by atoms with Gasteiger partial charge >= 0.3 is 6.18 Å². The van der Waals surface area contributed by atoms with Gasteiger partial charge in [0.05, 0.1) is 11.7 Å². The SMILES string of the molecule is COC1CCCC(NCc2ccccc2C(F)(F)F)C1. The molecule has 1 N–H and O–H groups in total. The highest BCUT2D eigenvalue weighted by atomic mass is 19.4. The quantitative estimate of drug-likeness (QED) is 0.910. The largest absolute Gasteiger partial charge is 0.416 e. The van der Waals surface area contributed by atoms with E-state index < -0.39 is 11.7 Å². The fraction of sp³-hybridized carbons (Fsp3) is 0.600. The van der Waals surface area contributed by atoms with Gasteiger partial charge in [-0.1, -0.05) is 18.2 Å². The molecule has 1 aliphatic carbocycles. The molecule has 1 saturated carbocycles. The van der Waals surface area contributed by atoms with Gasteiger partial charge in [-0.2, -0.15) is 13.2 Å². The molecule has 0 aliphatic heterocycles. The Hall–Kier alpha value is -1.07. The first kappa shape index (κ1) is 15.3. The normalized spacial score (nSPS) is 23.8. The number of halogens is 3. The van der Waals surface area contributed by atoms with Crippen LogP contribution in [0.3, 0.4) is 0 Å². The highest BCUT2D eigenvalue weighted by Crippen LogP contribution is 2.32. The average molecular weight is 287 g/mol. The van der Waals surface area contributed by atoms with Crippen molar-refractivity contribution >= 4 is 0 Å². The van der Waals surface area contributed by atoms with Gasteiger partial charge < -0.3 is 10.1 Å². The van der Waals surface area contributed by atoms with Crippen LogP contribution >= 0.6 is 0 Å². The van der Waals surface area contributed by atoms with Crippen molar-refractivity contribution in [1.29, 1.82) is 0 Å². The molecule has 5 heteroatoms. The number of benzene rings is 1. The van der Waals surface area contributed by atoms with E-state index in [1.165, 1.54) is 12.1 Å². The predicted octanol–water partition coefficient (Wildman–Crippen LogP) is 3.75. The maximum atomic E-state index is 12.9.